The second kappa shape index (κ2) is 8.41. The maximum absolute atomic E-state index is 13.4. The van der Waals surface area contributed by atoms with Gasteiger partial charge in [-0.1, -0.05) is 30.0 Å². The van der Waals surface area contributed by atoms with E-state index < -0.39 is 0 Å². The van der Waals surface area contributed by atoms with Crippen molar-refractivity contribution in [1.29, 1.82) is 0 Å². The third kappa shape index (κ3) is 3.99. The number of aromatic nitrogens is 4. The number of pyridine rings is 1. The molecule has 0 N–H and O–H groups in total. The summed E-state index contributed by atoms with van der Waals surface area (Å²) in [5.74, 6) is 0.180. The van der Waals surface area contributed by atoms with E-state index in [0.29, 0.717) is 27.5 Å². The van der Waals surface area contributed by atoms with E-state index in [4.69, 9.17) is 4.98 Å². The zero-order chi connectivity index (χ0) is 21.2. The molecule has 0 bridgehead atoms. The summed E-state index contributed by atoms with van der Waals surface area (Å²) in [4.78, 5) is 26.9. The molecule has 8 heteroatoms. The summed E-state index contributed by atoms with van der Waals surface area (Å²) in [5, 5.41) is 3.88. The highest BCUT2D eigenvalue weighted by Crippen LogP contribution is 2.28. The van der Waals surface area contributed by atoms with Crippen LogP contribution in [0, 0.1) is 5.82 Å². The fourth-order valence-electron chi connectivity index (χ4n) is 3.15. The molecule has 0 aliphatic rings. The van der Waals surface area contributed by atoms with Gasteiger partial charge in [0.25, 0.3) is 5.56 Å². The van der Waals surface area contributed by atoms with Crippen molar-refractivity contribution in [3.05, 3.63) is 100 Å². The molecule has 152 valence electrons. The molecular formula is C23H15FN4OS2. The van der Waals surface area contributed by atoms with Crippen molar-refractivity contribution in [2.24, 2.45) is 0 Å². The molecule has 2 aromatic carbocycles. The first-order valence-electron chi connectivity index (χ1n) is 9.45. The number of hydrogen-bond acceptors (Lipinski definition) is 6. The molecule has 0 saturated carbocycles. The first kappa shape index (κ1) is 19.6. The molecule has 0 fully saturated rings. The van der Waals surface area contributed by atoms with Crippen molar-refractivity contribution in [2.45, 2.75) is 10.9 Å². The van der Waals surface area contributed by atoms with Crippen LogP contribution in [0.1, 0.15) is 5.69 Å². The van der Waals surface area contributed by atoms with Crippen molar-refractivity contribution in [2.75, 3.05) is 0 Å². The summed E-state index contributed by atoms with van der Waals surface area (Å²) in [6.07, 6.45) is 1.74. The Bertz CT molecular complexity index is 1420. The maximum Gasteiger partial charge on any atom is 0.266 e. The Morgan fingerprint density at radius 1 is 0.968 bits per heavy atom. The van der Waals surface area contributed by atoms with Gasteiger partial charge < -0.3 is 0 Å². The van der Waals surface area contributed by atoms with Crippen LogP contribution in [0.4, 0.5) is 4.39 Å². The lowest BCUT2D eigenvalue weighted by atomic mass is 10.2. The number of halogens is 1. The highest BCUT2D eigenvalue weighted by Gasteiger charge is 2.14. The topological polar surface area (TPSA) is 60.7 Å². The summed E-state index contributed by atoms with van der Waals surface area (Å²) in [5.41, 5.74) is 2.71. The van der Waals surface area contributed by atoms with Crippen LogP contribution in [-0.2, 0) is 5.75 Å². The van der Waals surface area contributed by atoms with Gasteiger partial charge in [-0.15, -0.1) is 11.3 Å². The number of rotatable bonds is 5. The van der Waals surface area contributed by atoms with E-state index in [1.54, 1.807) is 24.4 Å². The molecule has 5 aromatic rings. The van der Waals surface area contributed by atoms with Crippen LogP contribution in [0.15, 0.2) is 88.3 Å². The number of nitrogens with zero attached hydrogens (tertiary/aromatic N) is 4. The first-order valence-corrected chi connectivity index (χ1v) is 11.3. The normalized spacial score (nSPS) is 11.1. The lowest BCUT2D eigenvalue weighted by molar-refractivity contribution is 0.627. The minimum absolute atomic E-state index is 0.188. The number of para-hydroxylation sites is 1. The molecule has 5 nitrogen and oxygen atoms in total. The Balaban J connectivity index is 1.52. The van der Waals surface area contributed by atoms with Crippen LogP contribution >= 0.6 is 23.1 Å². The van der Waals surface area contributed by atoms with E-state index in [1.807, 2.05) is 41.8 Å². The highest BCUT2D eigenvalue weighted by molar-refractivity contribution is 7.98. The van der Waals surface area contributed by atoms with Crippen LogP contribution in [0.5, 0.6) is 0 Å². The van der Waals surface area contributed by atoms with Gasteiger partial charge in [0.1, 0.15) is 10.8 Å². The molecule has 0 aliphatic heterocycles. The van der Waals surface area contributed by atoms with Gasteiger partial charge in [-0.05, 0) is 48.5 Å². The van der Waals surface area contributed by atoms with E-state index in [0.717, 1.165) is 16.4 Å². The minimum Gasteiger partial charge on any atom is -0.268 e. The molecule has 3 aromatic heterocycles. The molecule has 0 spiro atoms. The van der Waals surface area contributed by atoms with Crippen LogP contribution in [0.25, 0.3) is 27.3 Å². The fourth-order valence-corrected chi connectivity index (χ4v) is 4.95. The van der Waals surface area contributed by atoms with Gasteiger partial charge in [0, 0.05) is 17.3 Å². The Hall–Kier alpha value is -3.36. The number of thiazole rings is 1. The summed E-state index contributed by atoms with van der Waals surface area (Å²) in [6, 6.07) is 18.8. The number of hydrogen-bond donors (Lipinski definition) is 0. The molecule has 0 amide bonds. The lowest BCUT2D eigenvalue weighted by Gasteiger charge is -2.13. The minimum atomic E-state index is -0.357. The first-order chi connectivity index (χ1) is 15.2. The molecule has 0 radical (unpaired) electrons. The quantitative estimate of drug-likeness (QED) is 0.270. The number of fused-ring (bicyclic) bond motifs is 1. The van der Waals surface area contributed by atoms with Crippen molar-refractivity contribution >= 4 is 34.0 Å². The molecule has 31 heavy (non-hydrogen) atoms. The number of benzene rings is 2. The fraction of sp³-hybridized carbons (Fsp3) is 0.0435. The maximum atomic E-state index is 13.4. The third-order valence-electron chi connectivity index (χ3n) is 4.61. The summed E-state index contributed by atoms with van der Waals surface area (Å²) < 4.78 is 15.0. The zero-order valence-corrected chi connectivity index (χ0v) is 17.7. The zero-order valence-electron chi connectivity index (χ0n) is 16.1. The third-order valence-corrected chi connectivity index (χ3v) is 6.50. The molecule has 3 heterocycles. The monoisotopic (exact) mass is 446 g/mol. The molecule has 0 aliphatic carbocycles. The number of thioether (sulfide) groups is 1. The van der Waals surface area contributed by atoms with Gasteiger partial charge >= 0.3 is 0 Å². The van der Waals surface area contributed by atoms with Crippen molar-refractivity contribution in [3.8, 4) is 16.4 Å². The van der Waals surface area contributed by atoms with Crippen LogP contribution in [0.2, 0.25) is 0 Å². The van der Waals surface area contributed by atoms with Gasteiger partial charge in [0.05, 0.1) is 28.0 Å². The van der Waals surface area contributed by atoms with E-state index >= 15 is 0 Å². The van der Waals surface area contributed by atoms with E-state index in [9.17, 15) is 9.18 Å². The standard InChI is InChI=1S/C23H15FN4OS2/c24-15-8-10-17(11-9-15)28-22(29)18-5-1-2-6-19(18)27-23(28)31-14-16-13-30-21(26-16)20-7-3-4-12-25-20/h1-13H,14H2. The predicted molar refractivity (Wildman–Crippen MR) is 122 cm³/mol. The molecule has 0 atom stereocenters. The Morgan fingerprint density at radius 2 is 1.77 bits per heavy atom. The predicted octanol–water partition coefficient (Wildman–Crippen LogP) is 5.34. The lowest BCUT2D eigenvalue weighted by Crippen LogP contribution is -2.21. The van der Waals surface area contributed by atoms with E-state index in [2.05, 4.69) is 9.97 Å². The Morgan fingerprint density at radius 3 is 2.58 bits per heavy atom. The van der Waals surface area contributed by atoms with Crippen LogP contribution < -0.4 is 5.56 Å². The molecule has 5 rings (SSSR count). The molecule has 0 saturated heterocycles. The Kier molecular flexibility index (Phi) is 5.31. The van der Waals surface area contributed by atoms with Crippen molar-refractivity contribution in [3.63, 3.8) is 0 Å². The highest BCUT2D eigenvalue weighted by atomic mass is 32.2. The second-order valence-corrected chi connectivity index (χ2v) is 8.48. The summed E-state index contributed by atoms with van der Waals surface area (Å²) in [6.45, 7) is 0. The van der Waals surface area contributed by atoms with Crippen LogP contribution in [0.3, 0.4) is 0 Å². The van der Waals surface area contributed by atoms with E-state index in [-0.39, 0.29) is 11.4 Å². The van der Waals surface area contributed by atoms with Gasteiger partial charge in [0.15, 0.2) is 5.16 Å². The largest absolute Gasteiger partial charge is 0.268 e. The van der Waals surface area contributed by atoms with Crippen molar-refractivity contribution < 1.29 is 4.39 Å². The van der Waals surface area contributed by atoms with Gasteiger partial charge in [-0.3, -0.25) is 14.3 Å². The van der Waals surface area contributed by atoms with Gasteiger partial charge in [-0.2, -0.15) is 0 Å². The SMILES string of the molecule is O=c1c2ccccc2nc(SCc2csc(-c3ccccn3)n2)n1-c1ccc(F)cc1. The summed E-state index contributed by atoms with van der Waals surface area (Å²) in [7, 11) is 0. The van der Waals surface area contributed by atoms with Gasteiger partial charge in [-0.25, -0.2) is 14.4 Å². The van der Waals surface area contributed by atoms with Gasteiger partial charge in [0.2, 0.25) is 0 Å². The molecule has 0 unspecified atom stereocenters. The average molecular weight is 447 g/mol. The molecular weight excluding hydrogens is 431 g/mol. The van der Waals surface area contributed by atoms with E-state index in [1.165, 1.54) is 39.8 Å². The average Bonchev–Trinajstić information content (AvgIpc) is 3.28. The van der Waals surface area contributed by atoms with Crippen LogP contribution in [-0.4, -0.2) is 19.5 Å². The Labute approximate surface area is 185 Å². The summed E-state index contributed by atoms with van der Waals surface area (Å²) >= 11 is 2.95. The van der Waals surface area contributed by atoms with Crippen molar-refractivity contribution in [1.82, 2.24) is 19.5 Å². The second-order valence-electron chi connectivity index (χ2n) is 6.68. The smallest absolute Gasteiger partial charge is 0.266 e.